The molecule has 140 valence electrons. The number of aromatic nitrogens is 2. The Labute approximate surface area is 146 Å². The van der Waals surface area contributed by atoms with Gasteiger partial charge in [-0.05, 0) is 19.4 Å². The molecule has 2 heterocycles. The third-order valence-electron chi connectivity index (χ3n) is 4.38. The van der Waals surface area contributed by atoms with Crippen LogP contribution in [0.25, 0.3) is 0 Å². The first kappa shape index (κ1) is 18.2. The molecule has 9 heteroatoms. The number of hydrogen-bond donors (Lipinski definition) is 2. The summed E-state index contributed by atoms with van der Waals surface area (Å²) in [7, 11) is 0. The van der Waals surface area contributed by atoms with Crippen molar-refractivity contribution in [1.29, 1.82) is 0 Å². The minimum atomic E-state index is -5.25. The second kappa shape index (κ2) is 6.31. The third kappa shape index (κ3) is 2.72. The fourth-order valence-electron chi connectivity index (χ4n) is 3.24. The van der Waals surface area contributed by atoms with Gasteiger partial charge < -0.3 is 14.6 Å². The highest BCUT2D eigenvalue weighted by Crippen LogP contribution is 2.53. The SMILES string of the molecule is CCOC(=O)[C@@H]1[C@@H](c2ccccc2)c2c(n[nH]c2C)OC1(O)C(F)(F)F. The average Bonchev–Trinajstić information content (AvgIpc) is 2.94. The number of fused-ring (bicyclic) bond motifs is 1. The van der Waals surface area contributed by atoms with Crippen LogP contribution in [0.5, 0.6) is 5.88 Å². The first-order valence-corrected chi connectivity index (χ1v) is 7.95. The Kier molecular flexibility index (Phi) is 4.43. The van der Waals surface area contributed by atoms with E-state index in [1.54, 1.807) is 37.3 Å². The van der Waals surface area contributed by atoms with Crippen molar-refractivity contribution in [3.8, 4) is 5.88 Å². The van der Waals surface area contributed by atoms with Crippen LogP contribution >= 0.6 is 0 Å². The summed E-state index contributed by atoms with van der Waals surface area (Å²) in [6.07, 6.45) is -5.25. The van der Waals surface area contributed by atoms with Crippen molar-refractivity contribution in [2.45, 2.75) is 31.7 Å². The monoisotopic (exact) mass is 370 g/mol. The highest BCUT2D eigenvalue weighted by Gasteiger charge is 2.69. The molecule has 6 nitrogen and oxygen atoms in total. The van der Waals surface area contributed by atoms with E-state index in [1.807, 2.05) is 0 Å². The van der Waals surface area contributed by atoms with Gasteiger partial charge in [0.2, 0.25) is 5.88 Å². The molecule has 26 heavy (non-hydrogen) atoms. The predicted molar refractivity (Wildman–Crippen MR) is 83.4 cm³/mol. The van der Waals surface area contributed by atoms with Gasteiger partial charge in [-0.3, -0.25) is 9.89 Å². The lowest BCUT2D eigenvalue weighted by Crippen LogP contribution is -2.62. The minimum Gasteiger partial charge on any atom is -0.466 e. The Morgan fingerprint density at radius 3 is 2.62 bits per heavy atom. The standard InChI is InChI=1S/C17H17F3N2O4/c1-3-25-15(23)13-12(10-7-5-4-6-8-10)11-9(2)21-22-14(11)26-16(13,24)17(18,19)20/h4-8,12-13,24H,3H2,1-2H3,(H,21,22)/t12-,13-,16?/m0/s1. The van der Waals surface area contributed by atoms with E-state index in [1.165, 1.54) is 6.92 Å². The summed E-state index contributed by atoms with van der Waals surface area (Å²) in [6, 6.07) is 8.12. The van der Waals surface area contributed by atoms with Gasteiger partial charge in [-0.1, -0.05) is 30.3 Å². The van der Waals surface area contributed by atoms with Gasteiger partial charge in [-0.25, -0.2) is 0 Å². The topological polar surface area (TPSA) is 84.4 Å². The molecule has 1 aromatic heterocycles. The van der Waals surface area contributed by atoms with Crippen LogP contribution in [0.4, 0.5) is 13.2 Å². The number of nitrogens with one attached hydrogen (secondary N) is 1. The maximum Gasteiger partial charge on any atom is 0.456 e. The van der Waals surface area contributed by atoms with Crippen molar-refractivity contribution >= 4 is 5.97 Å². The molecule has 1 unspecified atom stereocenters. The second-order valence-corrected chi connectivity index (χ2v) is 5.98. The van der Waals surface area contributed by atoms with Crippen LogP contribution in [0.2, 0.25) is 0 Å². The van der Waals surface area contributed by atoms with Crippen molar-refractivity contribution in [3.63, 3.8) is 0 Å². The molecule has 0 saturated heterocycles. The number of esters is 1. The molecule has 1 aliphatic rings. The number of carbonyl (C=O) groups is 1. The van der Waals surface area contributed by atoms with Gasteiger partial charge in [-0.2, -0.15) is 13.2 Å². The number of aromatic amines is 1. The number of nitrogens with zero attached hydrogens (tertiary/aromatic N) is 1. The molecule has 2 N–H and O–H groups in total. The molecule has 2 aromatic rings. The maximum absolute atomic E-state index is 13.7. The summed E-state index contributed by atoms with van der Waals surface area (Å²) in [5.41, 5.74) is 1.12. The van der Waals surface area contributed by atoms with Gasteiger partial charge in [-0.15, -0.1) is 5.10 Å². The highest BCUT2D eigenvalue weighted by molar-refractivity contribution is 5.77. The van der Waals surface area contributed by atoms with Crippen molar-refractivity contribution in [2.75, 3.05) is 6.61 Å². The Morgan fingerprint density at radius 1 is 1.38 bits per heavy atom. The van der Waals surface area contributed by atoms with E-state index >= 15 is 0 Å². The van der Waals surface area contributed by atoms with Gasteiger partial charge in [0.25, 0.3) is 0 Å². The van der Waals surface area contributed by atoms with Gasteiger partial charge >= 0.3 is 17.9 Å². The number of aryl methyl sites for hydroxylation is 1. The minimum absolute atomic E-state index is 0.137. The summed E-state index contributed by atoms with van der Waals surface area (Å²) in [5.74, 6) is -8.56. The molecule has 0 fully saturated rings. The average molecular weight is 370 g/mol. The summed E-state index contributed by atoms with van der Waals surface area (Å²) >= 11 is 0. The van der Waals surface area contributed by atoms with E-state index in [2.05, 4.69) is 10.2 Å². The van der Waals surface area contributed by atoms with E-state index in [0.717, 1.165) is 0 Å². The van der Waals surface area contributed by atoms with E-state index < -0.39 is 35.6 Å². The Morgan fingerprint density at radius 2 is 2.04 bits per heavy atom. The van der Waals surface area contributed by atoms with E-state index in [9.17, 15) is 23.1 Å². The number of hydrogen-bond acceptors (Lipinski definition) is 5. The summed E-state index contributed by atoms with van der Waals surface area (Å²) in [4.78, 5) is 12.5. The highest BCUT2D eigenvalue weighted by atomic mass is 19.4. The zero-order valence-corrected chi connectivity index (χ0v) is 14.0. The van der Waals surface area contributed by atoms with Crippen LogP contribution in [0.3, 0.4) is 0 Å². The Balaban J connectivity index is 2.27. The number of H-pyrrole nitrogens is 1. The lowest BCUT2D eigenvalue weighted by molar-refractivity contribution is -0.359. The number of alkyl halides is 3. The van der Waals surface area contributed by atoms with Crippen LogP contribution in [0, 0.1) is 12.8 Å². The van der Waals surface area contributed by atoms with Crippen LogP contribution in [0.15, 0.2) is 30.3 Å². The van der Waals surface area contributed by atoms with E-state index in [0.29, 0.717) is 11.3 Å². The molecule has 0 radical (unpaired) electrons. The Hall–Kier alpha value is -2.55. The molecule has 0 bridgehead atoms. The second-order valence-electron chi connectivity index (χ2n) is 5.98. The number of rotatable bonds is 3. The summed E-state index contributed by atoms with van der Waals surface area (Å²) < 4.78 is 50.9. The Bertz CT molecular complexity index is 806. The third-order valence-corrected chi connectivity index (χ3v) is 4.38. The maximum atomic E-state index is 13.7. The fraction of sp³-hybridized carbons (Fsp3) is 0.412. The largest absolute Gasteiger partial charge is 0.466 e. The molecule has 1 aromatic carbocycles. The quantitative estimate of drug-likeness (QED) is 0.812. The molecule has 3 rings (SSSR count). The fourth-order valence-corrected chi connectivity index (χ4v) is 3.24. The van der Waals surface area contributed by atoms with Gasteiger partial charge in [0.15, 0.2) is 0 Å². The van der Waals surface area contributed by atoms with Crippen molar-refractivity contribution in [1.82, 2.24) is 10.2 Å². The van der Waals surface area contributed by atoms with Crippen LogP contribution in [-0.2, 0) is 9.53 Å². The lowest BCUT2D eigenvalue weighted by Gasteiger charge is -2.42. The van der Waals surface area contributed by atoms with Gasteiger partial charge in [0, 0.05) is 17.2 Å². The van der Waals surface area contributed by atoms with E-state index in [-0.39, 0.29) is 12.2 Å². The number of aliphatic hydroxyl groups is 1. The zero-order valence-electron chi connectivity index (χ0n) is 14.0. The lowest BCUT2D eigenvalue weighted by atomic mass is 9.74. The normalized spacial score (nSPS) is 25.3. The smallest absolute Gasteiger partial charge is 0.456 e. The van der Waals surface area contributed by atoms with Gasteiger partial charge in [0.05, 0.1) is 6.61 Å². The molecular weight excluding hydrogens is 353 g/mol. The first-order chi connectivity index (χ1) is 12.2. The molecule has 0 aliphatic carbocycles. The molecule has 0 amide bonds. The summed E-state index contributed by atoms with van der Waals surface area (Å²) in [6.45, 7) is 2.94. The number of carbonyl (C=O) groups excluding carboxylic acids is 1. The zero-order chi connectivity index (χ0) is 19.1. The van der Waals surface area contributed by atoms with Crippen LogP contribution < -0.4 is 4.74 Å². The number of benzene rings is 1. The number of ether oxygens (including phenoxy) is 2. The molecule has 0 spiro atoms. The molecular formula is C17H17F3N2O4. The molecule has 0 saturated carbocycles. The van der Waals surface area contributed by atoms with E-state index in [4.69, 9.17) is 9.47 Å². The van der Waals surface area contributed by atoms with Crippen LogP contribution in [-0.4, -0.2) is 39.8 Å². The molecule has 3 atom stereocenters. The van der Waals surface area contributed by atoms with Crippen molar-refractivity contribution in [3.05, 3.63) is 47.2 Å². The van der Waals surface area contributed by atoms with Crippen molar-refractivity contribution < 1.29 is 32.5 Å². The van der Waals surface area contributed by atoms with Gasteiger partial charge in [0.1, 0.15) is 5.92 Å². The first-order valence-electron chi connectivity index (χ1n) is 7.95. The summed E-state index contributed by atoms with van der Waals surface area (Å²) in [5, 5.41) is 16.7. The van der Waals surface area contributed by atoms with Crippen molar-refractivity contribution in [2.24, 2.45) is 5.92 Å². The predicted octanol–water partition coefficient (Wildman–Crippen LogP) is 2.67. The molecule has 1 aliphatic heterocycles. The number of halogens is 3. The van der Waals surface area contributed by atoms with Crippen LogP contribution in [0.1, 0.15) is 29.7 Å².